The lowest BCUT2D eigenvalue weighted by Gasteiger charge is -2.35. The van der Waals surface area contributed by atoms with E-state index in [-0.39, 0.29) is 6.04 Å². The van der Waals surface area contributed by atoms with E-state index >= 15 is 0 Å². The van der Waals surface area contributed by atoms with Gasteiger partial charge in [-0.15, -0.1) is 0 Å². The Labute approximate surface area is 151 Å². The lowest BCUT2D eigenvalue weighted by atomic mass is 10.1. The normalized spacial score (nSPS) is 27.0. The minimum atomic E-state index is -3.12. The van der Waals surface area contributed by atoms with Crippen molar-refractivity contribution in [1.29, 1.82) is 0 Å². The van der Waals surface area contributed by atoms with E-state index in [1.54, 1.807) is 11.4 Å². The minimum Gasteiger partial charge on any atom is -0.378 e. The number of piperidine rings is 1. The Morgan fingerprint density at radius 1 is 1.16 bits per heavy atom. The molecule has 3 rings (SSSR count). The molecular weight excluding hydrogens is 340 g/mol. The van der Waals surface area contributed by atoms with Gasteiger partial charge in [0.2, 0.25) is 10.0 Å². The molecule has 2 aliphatic heterocycles. The molecule has 0 aromatic rings. The number of likely N-dealkylation sites (tertiary alicyclic amines) is 1. The van der Waals surface area contributed by atoms with Gasteiger partial charge >= 0.3 is 0 Å². The van der Waals surface area contributed by atoms with Gasteiger partial charge in [-0.3, -0.25) is 4.99 Å². The number of sulfonamides is 1. The molecule has 1 aliphatic carbocycles. The number of hydrogen-bond donors (Lipinski definition) is 1. The first-order valence-electron chi connectivity index (χ1n) is 9.51. The van der Waals surface area contributed by atoms with Gasteiger partial charge in [0.05, 0.1) is 12.4 Å². The van der Waals surface area contributed by atoms with Crippen molar-refractivity contribution >= 4 is 16.0 Å². The first kappa shape index (κ1) is 18.9. The third kappa shape index (κ3) is 5.31. The fourth-order valence-electron chi connectivity index (χ4n) is 3.78. The van der Waals surface area contributed by atoms with Crippen LogP contribution in [0.15, 0.2) is 4.99 Å². The molecule has 0 radical (unpaired) electrons. The van der Waals surface area contributed by atoms with Crippen LogP contribution in [-0.2, 0) is 14.8 Å². The monoisotopic (exact) mass is 372 g/mol. The summed E-state index contributed by atoms with van der Waals surface area (Å²) in [6.07, 6.45) is 8.26. The van der Waals surface area contributed by atoms with Crippen LogP contribution in [-0.4, -0.2) is 81.8 Å². The minimum absolute atomic E-state index is 0.0335. The maximum Gasteiger partial charge on any atom is 0.211 e. The predicted octanol–water partition coefficient (Wildman–Crippen LogP) is 0.877. The van der Waals surface area contributed by atoms with Crippen LogP contribution in [0.3, 0.4) is 0 Å². The zero-order valence-corrected chi connectivity index (χ0v) is 16.3. The summed E-state index contributed by atoms with van der Waals surface area (Å²) in [5.74, 6) is 1.69. The van der Waals surface area contributed by atoms with E-state index < -0.39 is 10.0 Å². The molecule has 1 atom stereocenters. The Kier molecular flexibility index (Phi) is 6.22. The number of aliphatic imine (C=N–C) groups is 1. The molecule has 0 spiro atoms. The molecule has 3 aliphatic rings. The molecule has 25 heavy (non-hydrogen) atoms. The molecule has 7 nitrogen and oxygen atoms in total. The fraction of sp³-hybridized carbons (Fsp3) is 0.941. The van der Waals surface area contributed by atoms with Gasteiger partial charge < -0.3 is 15.0 Å². The second-order valence-electron chi connectivity index (χ2n) is 7.56. The summed E-state index contributed by atoms with van der Waals surface area (Å²) in [4.78, 5) is 6.65. The lowest BCUT2D eigenvalue weighted by molar-refractivity contribution is 0.0131. The molecule has 1 saturated carbocycles. The van der Waals surface area contributed by atoms with Gasteiger partial charge in [-0.25, -0.2) is 8.42 Å². The van der Waals surface area contributed by atoms with Gasteiger partial charge in [0, 0.05) is 45.9 Å². The zero-order chi connectivity index (χ0) is 17.9. The molecule has 0 amide bonds. The van der Waals surface area contributed by atoms with Crippen molar-refractivity contribution in [2.75, 3.05) is 46.1 Å². The molecule has 2 heterocycles. The molecule has 0 aromatic heterocycles. The number of guanidine groups is 1. The molecule has 0 aromatic carbocycles. The van der Waals surface area contributed by atoms with Gasteiger partial charge in [0.15, 0.2) is 5.96 Å². The molecule has 8 heteroatoms. The average molecular weight is 373 g/mol. The van der Waals surface area contributed by atoms with Crippen LogP contribution in [0.4, 0.5) is 0 Å². The van der Waals surface area contributed by atoms with Crippen molar-refractivity contribution in [3.05, 3.63) is 0 Å². The maximum atomic E-state index is 11.9. The Morgan fingerprint density at radius 3 is 2.48 bits per heavy atom. The first-order chi connectivity index (χ1) is 12.0. The van der Waals surface area contributed by atoms with Gasteiger partial charge in [-0.05, 0) is 44.4 Å². The first-order valence-corrected chi connectivity index (χ1v) is 11.4. The standard InChI is InChI=1S/C17H32N4O3S/c1-18-17(19-12-15-4-3-9-21(15)25(2,22)23)20-10-7-16(8-11-20)24-13-14-5-6-14/h14-16H,3-13H2,1-2H3,(H,18,19)/t15-/m1/s1. The zero-order valence-electron chi connectivity index (χ0n) is 15.5. The predicted molar refractivity (Wildman–Crippen MR) is 99.2 cm³/mol. The quantitative estimate of drug-likeness (QED) is 0.553. The second-order valence-corrected chi connectivity index (χ2v) is 9.50. The third-order valence-corrected chi connectivity index (χ3v) is 6.80. The highest BCUT2D eigenvalue weighted by molar-refractivity contribution is 7.88. The molecule has 3 fully saturated rings. The molecule has 2 saturated heterocycles. The number of rotatable bonds is 6. The third-order valence-electron chi connectivity index (χ3n) is 5.46. The molecular formula is C17H32N4O3S. The van der Waals surface area contributed by atoms with E-state index in [0.29, 0.717) is 19.2 Å². The van der Waals surface area contributed by atoms with Gasteiger partial charge in [-0.1, -0.05) is 0 Å². The van der Waals surface area contributed by atoms with Crippen molar-refractivity contribution in [2.24, 2.45) is 10.9 Å². The molecule has 0 unspecified atom stereocenters. The SMILES string of the molecule is CN=C(NC[C@H]1CCCN1S(C)(=O)=O)N1CCC(OCC2CC2)CC1. The largest absolute Gasteiger partial charge is 0.378 e. The number of hydrogen-bond acceptors (Lipinski definition) is 4. The summed E-state index contributed by atoms with van der Waals surface area (Å²) in [6.45, 7) is 4.07. The lowest BCUT2D eigenvalue weighted by Crippen LogP contribution is -2.50. The highest BCUT2D eigenvalue weighted by atomic mass is 32.2. The topological polar surface area (TPSA) is 74.2 Å². The van der Waals surface area contributed by atoms with Crippen molar-refractivity contribution in [3.63, 3.8) is 0 Å². The van der Waals surface area contributed by atoms with Crippen LogP contribution in [0.25, 0.3) is 0 Å². The van der Waals surface area contributed by atoms with Crippen LogP contribution in [0.1, 0.15) is 38.5 Å². The molecule has 0 bridgehead atoms. The molecule has 144 valence electrons. The summed E-state index contributed by atoms with van der Waals surface area (Å²) in [7, 11) is -1.33. The van der Waals surface area contributed by atoms with Crippen LogP contribution in [0.5, 0.6) is 0 Å². The van der Waals surface area contributed by atoms with Crippen LogP contribution >= 0.6 is 0 Å². The van der Waals surface area contributed by atoms with Gasteiger partial charge in [0.1, 0.15) is 0 Å². The number of ether oxygens (including phenoxy) is 1. The van der Waals surface area contributed by atoms with E-state index in [2.05, 4.69) is 15.2 Å². The summed E-state index contributed by atoms with van der Waals surface area (Å²) in [6, 6.07) is 0.0335. The number of nitrogens with one attached hydrogen (secondary N) is 1. The highest BCUT2D eigenvalue weighted by Crippen LogP contribution is 2.30. The van der Waals surface area contributed by atoms with E-state index in [4.69, 9.17) is 4.74 Å². The van der Waals surface area contributed by atoms with Gasteiger partial charge in [-0.2, -0.15) is 4.31 Å². The van der Waals surface area contributed by atoms with E-state index in [0.717, 1.165) is 57.3 Å². The van der Waals surface area contributed by atoms with Crippen molar-refractivity contribution < 1.29 is 13.2 Å². The Hall–Kier alpha value is -0.860. The number of nitrogens with zero attached hydrogens (tertiary/aromatic N) is 3. The van der Waals surface area contributed by atoms with Gasteiger partial charge in [0.25, 0.3) is 0 Å². The van der Waals surface area contributed by atoms with E-state index in [1.165, 1.54) is 19.1 Å². The van der Waals surface area contributed by atoms with Crippen molar-refractivity contribution in [2.45, 2.75) is 50.7 Å². The smallest absolute Gasteiger partial charge is 0.211 e. The molecule has 1 N–H and O–H groups in total. The maximum absolute atomic E-state index is 11.9. The van der Waals surface area contributed by atoms with Crippen LogP contribution in [0.2, 0.25) is 0 Å². The van der Waals surface area contributed by atoms with E-state index in [9.17, 15) is 8.42 Å². The highest BCUT2D eigenvalue weighted by Gasteiger charge is 2.32. The summed E-state index contributed by atoms with van der Waals surface area (Å²) >= 11 is 0. The summed E-state index contributed by atoms with van der Waals surface area (Å²) < 4.78 is 31.3. The van der Waals surface area contributed by atoms with Crippen LogP contribution in [0, 0.1) is 5.92 Å². The second kappa shape index (κ2) is 8.22. The Bertz CT molecular complexity index is 568. The van der Waals surface area contributed by atoms with E-state index in [1.807, 2.05) is 0 Å². The fourth-order valence-corrected chi connectivity index (χ4v) is 4.96. The van der Waals surface area contributed by atoms with Crippen molar-refractivity contribution in [1.82, 2.24) is 14.5 Å². The Balaban J connectivity index is 1.43. The summed E-state index contributed by atoms with van der Waals surface area (Å²) in [5, 5.41) is 3.39. The van der Waals surface area contributed by atoms with Crippen molar-refractivity contribution in [3.8, 4) is 0 Å². The Morgan fingerprint density at radius 2 is 1.88 bits per heavy atom. The summed E-state index contributed by atoms with van der Waals surface area (Å²) in [5.41, 5.74) is 0. The average Bonchev–Trinajstić information content (AvgIpc) is 3.29. The van der Waals surface area contributed by atoms with Crippen LogP contribution < -0.4 is 5.32 Å².